The first-order valence-corrected chi connectivity index (χ1v) is 9.54. The van der Waals surface area contributed by atoms with E-state index < -0.39 is 11.7 Å². The summed E-state index contributed by atoms with van der Waals surface area (Å²) >= 11 is 0. The molecular formula is C24H16F3N3O. The first-order chi connectivity index (χ1) is 14.9. The highest BCUT2D eigenvalue weighted by molar-refractivity contribution is 6.02. The van der Waals surface area contributed by atoms with Crippen LogP contribution in [-0.2, 0) is 6.18 Å². The Morgan fingerprint density at radius 3 is 2.19 bits per heavy atom. The third-order valence-corrected chi connectivity index (χ3v) is 5.16. The molecule has 0 atom stereocenters. The minimum atomic E-state index is -4.44. The lowest BCUT2D eigenvalue weighted by molar-refractivity contribution is -0.137. The van der Waals surface area contributed by atoms with Gasteiger partial charge in [-0.3, -0.25) is 0 Å². The molecule has 0 amide bonds. The molecule has 7 heteroatoms. The van der Waals surface area contributed by atoms with Crippen molar-refractivity contribution in [2.45, 2.75) is 6.18 Å². The van der Waals surface area contributed by atoms with Crippen LogP contribution in [-0.4, -0.2) is 22.1 Å². The highest BCUT2D eigenvalue weighted by Crippen LogP contribution is 2.40. The summed E-state index contributed by atoms with van der Waals surface area (Å²) in [4.78, 5) is 12.6. The molecule has 2 aromatic heterocycles. The zero-order chi connectivity index (χ0) is 21.6. The molecule has 0 fully saturated rings. The average molecular weight is 419 g/mol. The predicted octanol–water partition coefficient (Wildman–Crippen LogP) is 6.47. The third kappa shape index (κ3) is 3.38. The second-order valence-electron chi connectivity index (χ2n) is 7.09. The van der Waals surface area contributed by atoms with Crippen LogP contribution < -0.4 is 4.74 Å². The average Bonchev–Trinajstić information content (AvgIpc) is 3.15. The first-order valence-electron chi connectivity index (χ1n) is 9.54. The van der Waals surface area contributed by atoms with Crippen molar-refractivity contribution < 1.29 is 17.9 Å². The zero-order valence-corrected chi connectivity index (χ0v) is 16.4. The summed E-state index contributed by atoms with van der Waals surface area (Å²) in [5.74, 6) is 0.683. The number of fused-ring (bicyclic) bond motifs is 2. The van der Waals surface area contributed by atoms with E-state index in [0.717, 1.165) is 17.7 Å². The second-order valence-corrected chi connectivity index (χ2v) is 7.09. The van der Waals surface area contributed by atoms with Crippen molar-refractivity contribution in [2.75, 3.05) is 7.11 Å². The smallest absolute Gasteiger partial charge is 0.416 e. The zero-order valence-electron chi connectivity index (χ0n) is 16.4. The van der Waals surface area contributed by atoms with Crippen LogP contribution in [0.5, 0.6) is 5.75 Å². The van der Waals surface area contributed by atoms with Crippen LogP contribution in [0.25, 0.3) is 44.6 Å². The van der Waals surface area contributed by atoms with E-state index in [1.165, 1.54) is 6.07 Å². The lowest BCUT2D eigenvalue weighted by atomic mass is 9.98. The number of nitrogens with zero attached hydrogens (tertiary/aromatic N) is 2. The molecule has 3 aromatic carbocycles. The number of hydrogen-bond acceptors (Lipinski definition) is 3. The third-order valence-electron chi connectivity index (χ3n) is 5.16. The van der Waals surface area contributed by atoms with E-state index in [-0.39, 0.29) is 0 Å². The molecule has 0 unspecified atom stereocenters. The van der Waals surface area contributed by atoms with Gasteiger partial charge in [-0.25, -0.2) is 9.97 Å². The van der Waals surface area contributed by atoms with Crippen LogP contribution in [0.15, 0.2) is 72.8 Å². The minimum Gasteiger partial charge on any atom is -0.497 e. The molecule has 0 bridgehead atoms. The maximum absolute atomic E-state index is 13.4. The topological polar surface area (TPSA) is 50.8 Å². The summed E-state index contributed by atoms with van der Waals surface area (Å²) in [7, 11) is 1.57. The first kappa shape index (κ1) is 19.1. The highest BCUT2D eigenvalue weighted by Gasteiger charge is 2.31. The monoisotopic (exact) mass is 419 g/mol. The van der Waals surface area contributed by atoms with E-state index in [1.807, 2.05) is 36.4 Å². The van der Waals surface area contributed by atoms with Crippen molar-refractivity contribution in [3.63, 3.8) is 0 Å². The molecule has 31 heavy (non-hydrogen) atoms. The number of methoxy groups -OCH3 is 1. The Morgan fingerprint density at radius 2 is 1.52 bits per heavy atom. The van der Waals surface area contributed by atoms with Crippen LogP contribution in [0.4, 0.5) is 13.2 Å². The fraction of sp³-hybridized carbons (Fsp3) is 0.0833. The van der Waals surface area contributed by atoms with Crippen LogP contribution >= 0.6 is 0 Å². The molecule has 1 N–H and O–H groups in total. The number of aromatic amines is 1. The van der Waals surface area contributed by atoms with Gasteiger partial charge in [0.15, 0.2) is 5.65 Å². The molecule has 154 valence electrons. The largest absolute Gasteiger partial charge is 0.497 e. The summed E-state index contributed by atoms with van der Waals surface area (Å²) in [6.45, 7) is 0. The van der Waals surface area contributed by atoms with Gasteiger partial charge in [-0.05, 0) is 59.7 Å². The number of rotatable bonds is 3. The van der Waals surface area contributed by atoms with Gasteiger partial charge in [0.05, 0.1) is 29.4 Å². The summed E-state index contributed by atoms with van der Waals surface area (Å²) < 4.78 is 45.4. The van der Waals surface area contributed by atoms with Crippen LogP contribution in [0, 0.1) is 0 Å². The molecule has 0 radical (unpaired) electrons. The summed E-state index contributed by atoms with van der Waals surface area (Å²) in [5.41, 5.74) is 4.11. The Kier molecular flexibility index (Phi) is 4.39. The Balaban J connectivity index is 1.82. The Morgan fingerprint density at radius 1 is 0.806 bits per heavy atom. The number of nitrogens with one attached hydrogen (secondary N) is 1. The summed E-state index contributed by atoms with van der Waals surface area (Å²) in [6, 6.07) is 20.0. The molecular weight excluding hydrogens is 403 g/mol. The molecule has 0 aliphatic carbocycles. The second kappa shape index (κ2) is 7.12. The molecule has 0 saturated heterocycles. The Hall–Kier alpha value is -3.87. The highest BCUT2D eigenvalue weighted by atomic mass is 19.4. The van der Waals surface area contributed by atoms with E-state index in [0.29, 0.717) is 44.8 Å². The quantitative estimate of drug-likeness (QED) is 0.365. The van der Waals surface area contributed by atoms with Crippen LogP contribution in [0.3, 0.4) is 0 Å². The van der Waals surface area contributed by atoms with E-state index >= 15 is 0 Å². The van der Waals surface area contributed by atoms with E-state index in [4.69, 9.17) is 9.72 Å². The van der Waals surface area contributed by atoms with Gasteiger partial charge in [0.25, 0.3) is 0 Å². The molecule has 0 aliphatic rings. The Bertz CT molecular complexity index is 1410. The van der Waals surface area contributed by atoms with E-state index in [9.17, 15) is 13.2 Å². The van der Waals surface area contributed by atoms with Gasteiger partial charge in [-0.2, -0.15) is 13.2 Å². The normalized spacial score (nSPS) is 11.9. The molecule has 0 saturated carbocycles. The van der Waals surface area contributed by atoms with Crippen molar-refractivity contribution >= 4 is 22.2 Å². The van der Waals surface area contributed by atoms with E-state index in [1.54, 1.807) is 25.3 Å². The Labute approximate surface area is 175 Å². The number of alkyl halides is 3. The number of H-pyrrole nitrogens is 1. The number of ether oxygens (including phenoxy) is 1. The number of halogens is 3. The molecule has 4 nitrogen and oxygen atoms in total. The maximum Gasteiger partial charge on any atom is 0.416 e. The molecule has 2 heterocycles. The SMILES string of the molecule is COc1ccc(-c2[nH]c3nc4ccccc4nc3c2-c2cccc(C(F)(F)F)c2)cc1. The summed E-state index contributed by atoms with van der Waals surface area (Å²) in [6.07, 6.45) is -4.44. The fourth-order valence-corrected chi connectivity index (χ4v) is 3.67. The fourth-order valence-electron chi connectivity index (χ4n) is 3.67. The van der Waals surface area contributed by atoms with Crippen molar-refractivity contribution in [3.05, 3.63) is 78.4 Å². The van der Waals surface area contributed by atoms with Gasteiger partial charge in [0.1, 0.15) is 11.3 Å². The molecule has 0 spiro atoms. The lowest BCUT2D eigenvalue weighted by Crippen LogP contribution is -2.04. The van der Waals surface area contributed by atoms with Gasteiger partial charge in [0.2, 0.25) is 0 Å². The van der Waals surface area contributed by atoms with Crippen molar-refractivity contribution in [1.29, 1.82) is 0 Å². The maximum atomic E-state index is 13.4. The number of para-hydroxylation sites is 2. The molecule has 5 aromatic rings. The minimum absolute atomic E-state index is 0.413. The van der Waals surface area contributed by atoms with Crippen molar-refractivity contribution in [3.8, 4) is 28.1 Å². The van der Waals surface area contributed by atoms with Gasteiger partial charge in [0, 0.05) is 5.56 Å². The van der Waals surface area contributed by atoms with Gasteiger partial charge >= 0.3 is 6.18 Å². The number of aromatic nitrogens is 3. The summed E-state index contributed by atoms with van der Waals surface area (Å²) in [5, 5.41) is 0. The van der Waals surface area contributed by atoms with Crippen molar-refractivity contribution in [1.82, 2.24) is 15.0 Å². The van der Waals surface area contributed by atoms with Crippen LogP contribution in [0.2, 0.25) is 0 Å². The molecule has 5 rings (SSSR count). The van der Waals surface area contributed by atoms with Gasteiger partial charge in [-0.15, -0.1) is 0 Å². The van der Waals surface area contributed by atoms with Crippen molar-refractivity contribution in [2.24, 2.45) is 0 Å². The standard InChI is InChI=1S/C24H16F3N3O/c1-31-17-11-9-14(10-12-17)21-20(15-5-4-6-16(13-15)24(25,26)27)22-23(30-21)29-19-8-3-2-7-18(19)28-22/h2-13H,1H3,(H,29,30). The molecule has 0 aliphatic heterocycles. The van der Waals surface area contributed by atoms with E-state index in [2.05, 4.69) is 9.97 Å². The van der Waals surface area contributed by atoms with Gasteiger partial charge < -0.3 is 9.72 Å². The van der Waals surface area contributed by atoms with Crippen LogP contribution in [0.1, 0.15) is 5.56 Å². The lowest BCUT2D eigenvalue weighted by Gasteiger charge is -2.10. The van der Waals surface area contributed by atoms with Gasteiger partial charge in [-0.1, -0.05) is 24.3 Å². The number of hydrogen-bond donors (Lipinski definition) is 1. The predicted molar refractivity (Wildman–Crippen MR) is 114 cm³/mol. The number of benzene rings is 3.